The Hall–Kier alpha value is -3.03. The average molecular weight is 404 g/mol. The summed E-state index contributed by atoms with van der Waals surface area (Å²) in [5.41, 5.74) is -0.560. The first-order valence-electron chi connectivity index (χ1n) is 9.17. The summed E-state index contributed by atoms with van der Waals surface area (Å²) in [6.45, 7) is 4.37. The molecule has 0 radical (unpaired) electrons. The molecule has 0 saturated heterocycles. The fourth-order valence-corrected chi connectivity index (χ4v) is 3.77. The van der Waals surface area contributed by atoms with E-state index in [0.717, 1.165) is 12.1 Å². The van der Waals surface area contributed by atoms with E-state index in [4.69, 9.17) is 4.74 Å². The molecule has 2 aliphatic heterocycles. The number of fused-ring (bicyclic) bond motifs is 2. The highest BCUT2D eigenvalue weighted by Gasteiger charge is 2.35. The van der Waals surface area contributed by atoms with Gasteiger partial charge in [-0.15, -0.1) is 0 Å². The normalized spacial score (nSPS) is 17.9. The molecular weight excluding hydrogens is 385 g/mol. The number of carbonyl (C=O) groups is 1. The maximum absolute atomic E-state index is 13.2. The van der Waals surface area contributed by atoms with Crippen LogP contribution in [0.1, 0.15) is 35.5 Å². The van der Waals surface area contributed by atoms with Gasteiger partial charge < -0.3 is 14.2 Å². The molecule has 0 saturated carbocycles. The van der Waals surface area contributed by atoms with E-state index < -0.39 is 17.3 Å². The third-order valence-corrected chi connectivity index (χ3v) is 5.06. The van der Waals surface area contributed by atoms with Crippen molar-refractivity contribution in [2.45, 2.75) is 32.2 Å². The van der Waals surface area contributed by atoms with E-state index in [1.807, 2.05) is 0 Å². The molecule has 0 atom stereocenters. The summed E-state index contributed by atoms with van der Waals surface area (Å²) in [6.07, 6.45) is -2.73. The van der Waals surface area contributed by atoms with Gasteiger partial charge in [0.25, 0.3) is 11.5 Å². The Kier molecular flexibility index (Phi) is 4.33. The number of aromatic nitrogens is 1. The van der Waals surface area contributed by atoms with Crippen LogP contribution in [0.25, 0.3) is 5.57 Å². The number of benzene rings is 1. The number of hydrogen-bond donors (Lipinski definition) is 0. The molecule has 0 N–H and O–H groups in total. The van der Waals surface area contributed by atoms with E-state index in [-0.39, 0.29) is 23.7 Å². The predicted molar refractivity (Wildman–Crippen MR) is 101 cm³/mol. The summed E-state index contributed by atoms with van der Waals surface area (Å²) >= 11 is 0. The van der Waals surface area contributed by atoms with Crippen LogP contribution in [0.15, 0.2) is 47.3 Å². The summed E-state index contributed by atoms with van der Waals surface area (Å²) in [5.74, 6) is 0.0225. The van der Waals surface area contributed by atoms with Crippen molar-refractivity contribution in [2.75, 3.05) is 13.1 Å². The average Bonchev–Trinajstić information content (AvgIpc) is 2.62. The van der Waals surface area contributed by atoms with Crippen LogP contribution < -0.4 is 10.3 Å². The molecule has 0 spiro atoms. The Morgan fingerprint density at radius 3 is 2.59 bits per heavy atom. The van der Waals surface area contributed by atoms with E-state index in [2.05, 4.69) is 0 Å². The molecule has 0 aliphatic carbocycles. The van der Waals surface area contributed by atoms with Crippen LogP contribution in [0.2, 0.25) is 0 Å². The van der Waals surface area contributed by atoms with E-state index in [1.54, 1.807) is 30.9 Å². The van der Waals surface area contributed by atoms with Gasteiger partial charge in [-0.25, -0.2) is 0 Å². The number of carbonyl (C=O) groups excluding carboxylic acids is 1. The Bertz CT molecular complexity index is 1080. The molecule has 2 aliphatic rings. The summed E-state index contributed by atoms with van der Waals surface area (Å²) in [4.78, 5) is 26.4. The van der Waals surface area contributed by atoms with Crippen molar-refractivity contribution in [3.8, 4) is 5.75 Å². The maximum Gasteiger partial charge on any atom is 0.416 e. The molecule has 1 amide bonds. The number of hydrogen-bond acceptors (Lipinski definition) is 3. The van der Waals surface area contributed by atoms with E-state index in [1.165, 1.54) is 22.8 Å². The van der Waals surface area contributed by atoms with Crippen LogP contribution in [0.3, 0.4) is 0 Å². The van der Waals surface area contributed by atoms with E-state index >= 15 is 0 Å². The number of nitrogens with zero attached hydrogens (tertiary/aromatic N) is 2. The van der Waals surface area contributed by atoms with Crippen LogP contribution in [0, 0.1) is 0 Å². The van der Waals surface area contributed by atoms with Crippen molar-refractivity contribution >= 4 is 11.5 Å². The van der Waals surface area contributed by atoms with Crippen molar-refractivity contribution in [2.24, 2.45) is 0 Å². The van der Waals surface area contributed by atoms with Crippen molar-refractivity contribution in [1.82, 2.24) is 9.47 Å². The van der Waals surface area contributed by atoms with Gasteiger partial charge in [0.05, 0.1) is 5.56 Å². The van der Waals surface area contributed by atoms with Crippen LogP contribution in [0.5, 0.6) is 5.75 Å². The van der Waals surface area contributed by atoms with Gasteiger partial charge in [-0.3, -0.25) is 9.59 Å². The quantitative estimate of drug-likeness (QED) is 0.769. The van der Waals surface area contributed by atoms with E-state index in [0.29, 0.717) is 30.0 Å². The smallest absolute Gasteiger partial charge is 0.416 e. The minimum Gasteiger partial charge on any atom is -0.483 e. The van der Waals surface area contributed by atoms with Crippen molar-refractivity contribution in [1.29, 1.82) is 0 Å². The van der Waals surface area contributed by atoms with Crippen LogP contribution in [0.4, 0.5) is 13.2 Å². The van der Waals surface area contributed by atoms with Gasteiger partial charge in [0.1, 0.15) is 17.0 Å². The fraction of sp³-hybridized carbons (Fsp3) is 0.333. The molecule has 0 fully saturated rings. The molecule has 8 heteroatoms. The number of alkyl halides is 3. The lowest BCUT2D eigenvalue weighted by atomic mass is 9.92. The summed E-state index contributed by atoms with van der Waals surface area (Å²) in [6, 6.07) is 7.87. The van der Waals surface area contributed by atoms with Gasteiger partial charge in [0.15, 0.2) is 0 Å². The van der Waals surface area contributed by atoms with Crippen LogP contribution >= 0.6 is 0 Å². The zero-order chi connectivity index (χ0) is 21.0. The predicted octanol–water partition coefficient (Wildman–Crippen LogP) is 3.58. The second-order valence-corrected chi connectivity index (χ2v) is 7.71. The molecule has 3 heterocycles. The highest BCUT2D eigenvalue weighted by Crippen LogP contribution is 2.40. The van der Waals surface area contributed by atoms with Crippen LogP contribution in [-0.2, 0) is 12.7 Å². The fourth-order valence-electron chi connectivity index (χ4n) is 3.77. The first kappa shape index (κ1) is 19.3. The molecule has 152 valence electrons. The molecule has 29 heavy (non-hydrogen) atoms. The number of amides is 1. The number of halogens is 3. The van der Waals surface area contributed by atoms with Gasteiger partial charge in [-0.1, -0.05) is 6.07 Å². The van der Waals surface area contributed by atoms with Gasteiger partial charge in [0, 0.05) is 31.3 Å². The number of pyridine rings is 1. The Morgan fingerprint density at radius 1 is 1.10 bits per heavy atom. The molecular formula is C21H19F3N2O3. The summed E-state index contributed by atoms with van der Waals surface area (Å²) in [5, 5.41) is 0. The molecule has 0 unspecified atom stereocenters. The molecule has 1 aromatic heterocycles. The lowest BCUT2D eigenvalue weighted by Gasteiger charge is -2.35. The van der Waals surface area contributed by atoms with Gasteiger partial charge >= 0.3 is 6.18 Å². The zero-order valence-corrected chi connectivity index (χ0v) is 15.9. The lowest BCUT2D eigenvalue weighted by molar-refractivity contribution is -0.137. The standard InChI is InChI=1S/C21H19F3N2O3/c1-20(2)11-13(15-10-14(21(22,23)24)6-7-17(15)29-20)12-25-8-9-26-16(19(25)28)4-3-5-18(26)27/h3-7,10-11H,8-9,12H2,1-2H3. The number of ether oxygens (including phenoxy) is 1. The second-order valence-electron chi connectivity index (χ2n) is 7.71. The van der Waals surface area contributed by atoms with Gasteiger partial charge in [-0.2, -0.15) is 13.2 Å². The van der Waals surface area contributed by atoms with Gasteiger partial charge in [-0.05, 0) is 49.8 Å². The third-order valence-electron chi connectivity index (χ3n) is 5.06. The topological polar surface area (TPSA) is 51.5 Å². The zero-order valence-electron chi connectivity index (χ0n) is 15.9. The monoisotopic (exact) mass is 404 g/mol. The first-order valence-corrected chi connectivity index (χ1v) is 9.17. The molecule has 5 nitrogen and oxygen atoms in total. The minimum atomic E-state index is -4.48. The van der Waals surface area contributed by atoms with Crippen molar-refractivity contribution in [3.05, 3.63) is 69.6 Å². The SMILES string of the molecule is CC1(C)C=C(CN2CCn3c(cccc3=O)C2=O)c2cc(C(F)(F)F)ccc2O1. The third kappa shape index (κ3) is 3.54. The van der Waals surface area contributed by atoms with Crippen LogP contribution in [-0.4, -0.2) is 34.1 Å². The van der Waals surface area contributed by atoms with Crippen molar-refractivity contribution in [3.63, 3.8) is 0 Å². The summed E-state index contributed by atoms with van der Waals surface area (Å²) in [7, 11) is 0. The second kappa shape index (κ2) is 6.50. The molecule has 0 bridgehead atoms. The maximum atomic E-state index is 13.2. The lowest BCUT2D eigenvalue weighted by Crippen LogP contribution is -2.45. The Labute approximate surface area is 165 Å². The Morgan fingerprint density at radius 2 is 1.86 bits per heavy atom. The molecule has 4 rings (SSSR count). The summed E-state index contributed by atoms with van der Waals surface area (Å²) < 4.78 is 46.8. The minimum absolute atomic E-state index is 0.128. The van der Waals surface area contributed by atoms with E-state index in [9.17, 15) is 22.8 Å². The largest absolute Gasteiger partial charge is 0.483 e. The van der Waals surface area contributed by atoms with Crippen molar-refractivity contribution < 1.29 is 22.7 Å². The highest BCUT2D eigenvalue weighted by molar-refractivity contribution is 5.94. The molecule has 2 aromatic rings. The van der Waals surface area contributed by atoms with Gasteiger partial charge in [0.2, 0.25) is 0 Å². The number of rotatable bonds is 2. The molecule has 1 aromatic carbocycles. The Balaban J connectivity index is 1.71. The first-order chi connectivity index (χ1) is 13.5. The highest BCUT2D eigenvalue weighted by atomic mass is 19.4.